The second-order valence-corrected chi connectivity index (χ2v) is 5.14. The largest absolute Gasteiger partial charge is 0.491 e. The van der Waals surface area contributed by atoms with Crippen LogP contribution in [0, 0.1) is 0 Å². The van der Waals surface area contributed by atoms with Gasteiger partial charge in [0, 0.05) is 17.6 Å². The number of aromatic nitrogens is 1. The van der Waals surface area contributed by atoms with Gasteiger partial charge in [0.25, 0.3) is 0 Å². The summed E-state index contributed by atoms with van der Waals surface area (Å²) in [6.07, 6.45) is 6.33. The van der Waals surface area contributed by atoms with Crippen molar-refractivity contribution in [1.29, 1.82) is 0 Å². The monoisotopic (exact) mass is 227 g/mol. The summed E-state index contributed by atoms with van der Waals surface area (Å²) in [6.45, 7) is 1.98. The molecular formula is C15H17NO. The molecule has 2 heteroatoms. The average Bonchev–Trinajstić information content (AvgIpc) is 2.56. The lowest BCUT2D eigenvalue weighted by Gasteiger charge is -2.15. The van der Waals surface area contributed by atoms with Crippen LogP contribution in [0.2, 0.25) is 0 Å². The lowest BCUT2D eigenvalue weighted by Crippen LogP contribution is -2.08. The molecular weight excluding hydrogens is 210 g/mol. The number of benzene rings is 1. The van der Waals surface area contributed by atoms with Gasteiger partial charge in [0.05, 0.1) is 12.1 Å². The number of hydrogen-bond acceptors (Lipinski definition) is 1. The Morgan fingerprint density at radius 1 is 1.06 bits per heavy atom. The SMILES string of the molecule is c1cc2c3c(c1)c1c(n3CCCO2)CCCC1. The van der Waals surface area contributed by atoms with Crippen LogP contribution in [0.1, 0.15) is 30.5 Å². The highest BCUT2D eigenvalue weighted by molar-refractivity contribution is 5.90. The standard InChI is InChI=1S/C15H17NO/c1-2-7-13-11(5-1)12-6-3-8-14-15(12)16(13)9-4-10-17-14/h3,6,8H,1-2,4-5,7,9-10H2. The summed E-state index contributed by atoms with van der Waals surface area (Å²) >= 11 is 0. The summed E-state index contributed by atoms with van der Waals surface area (Å²) in [5.41, 5.74) is 4.54. The number of fused-ring (bicyclic) bond motifs is 3. The molecule has 0 atom stereocenters. The van der Waals surface area contributed by atoms with Crippen molar-refractivity contribution in [2.24, 2.45) is 0 Å². The van der Waals surface area contributed by atoms with Crippen molar-refractivity contribution < 1.29 is 4.74 Å². The summed E-state index contributed by atoms with van der Waals surface area (Å²) in [6, 6.07) is 6.53. The molecule has 0 spiro atoms. The molecule has 0 N–H and O–H groups in total. The third kappa shape index (κ3) is 1.27. The van der Waals surface area contributed by atoms with Crippen molar-refractivity contribution >= 4 is 10.9 Å². The van der Waals surface area contributed by atoms with E-state index in [0.717, 1.165) is 25.3 Å². The Morgan fingerprint density at radius 3 is 3.00 bits per heavy atom. The van der Waals surface area contributed by atoms with E-state index in [-0.39, 0.29) is 0 Å². The van der Waals surface area contributed by atoms with Crippen LogP contribution < -0.4 is 4.74 Å². The van der Waals surface area contributed by atoms with E-state index in [0.29, 0.717) is 0 Å². The van der Waals surface area contributed by atoms with Crippen LogP contribution in [0.5, 0.6) is 5.75 Å². The van der Waals surface area contributed by atoms with E-state index in [1.165, 1.54) is 36.6 Å². The van der Waals surface area contributed by atoms with Gasteiger partial charge >= 0.3 is 0 Å². The molecule has 2 nitrogen and oxygen atoms in total. The van der Waals surface area contributed by atoms with E-state index in [1.54, 1.807) is 11.3 Å². The van der Waals surface area contributed by atoms with Crippen LogP contribution in [0.25, 0.3) is 10.9 Å². The minimum absolute atomic E-state index is 0.857. The minimum Gasteiger partial charge on any atom is -0.491 e. The van der Waals surface area contributed by atoms with E-state index in [4.69, 9.17) is 4.74 Å². The van der Waals surface area contributed by atoms with E-state index in [1.807, 2.05) is 0 Å². The molecule has 1 aliphatic heterocycles. The maximum absolute atomic E-state index is 5.88. The number of rotatable bonds is 0. The molecule has 0 unspecified atom stereocenters. The van der Waals surface area contributed by atoms with E-state index in [2.05, 4.69) is 22.8 Å². The zero-order valence-electron chi connectivity index (χ0n) is 10.0. The van der Waals surface area contributed by atoms with Crippen LogP contribution >= 0.6 is 0 Å². The van der Waals surface area contributed by atoms with E-state index < -0.39 is 0 Å². The average molecular weight is 227 g/mol. The number of aryl methyl sites for hydroxylation is 2. The van der Waals surface area contributed by atoms with Gasteiger partial charge in [-0.05, 0) is 43.7 Å². The van der Waals surface area contributed by atoms with Gasteiger partial charge < -0.3 is 9.30 Å². The first kappa shape index (κ1) is 9.58. The van der Waals surface area contributed by atoms with Gasteiger partial charge in [-0.25, -0.2) is 0 Å². The molecule has 1 aliphatic carbocycles. The Labute approximate surface area is 101 Å². The highest BCUT2D eigenvalue weighted by Gasteiger charge is 2.23. The van der Waals surface area contributed by atoms with Gasteiger partial charge in [-0.2, -0.15) is 0 Å². The Morgan fingerprint density at radius 2 is 2.00 bits per heavy atom. The Bertz CT molecular complexity index is 582. The molecule has 88 valence electrons. The molecule has 0 radical (unpaired) electrons. The first-order valence-electron chi connectivity index (χ1n) is 6.71. The van der Waals surface area contributed by atoms with Gasteiger partial charge in [0.1, 0.15) is 5.75 Å². The fourth-order valence-electron chi connectivity index (χ4n) is 3.42. The van der Waals surface area contributed by atoms with Gasteiger partial charge in [-0.15, -0.1) is 0 Å². The molecule has 1 aromatic heterocycles. The predicted octanol–water partition coefficient (Wildman–Crippen LogP) is 3.30. The van der Waals surface area contributed by atoms with Gasteiger partial charge in [0.2, 0.25) is 0 Å². The third-order valence-corrected chi connectivity index (χ3v) is 4.14. The summed E-state index contributed by atoms with van der Waals surface area (Å²) < 4.78 is 8.41. The minimum atomic E-state index is 0.857. The highest BCUT2D eigenvalue weighted by Crippen LogP contribution is 2.37. The summed E-state index contributed by atoms with van der Waals surface area (Å²) in [5, 5.41) is 1.44. The second-order valence-electron chi connectivity index (χ2n) is 5.14. The third-order valence-electron chi connectivity index (χ3n) is 4.14. The quantitative estimate of drug-likeness (QED) is 0.673. The second kappa shape index (κ2) is 3.52. The number of ether oxygens (including phenoxy) is 1. The molecule has 0 amide bonds. The van der Waals surface area contributed by atoms with Crippen LogP contribution in [0.3, 0.4) is 0 Å². The molecule has 2 heterocycles. The molecule has 0 saturated carbocycles. The Hall–Kier alpha value is -1.44. The molecule has 17 heavy (non-hydrogen) atoms. The molecule has 1 aromatic carbocycles. The first-order chi connectivity index (χ1) is 8.45. The molecule has 4 rings (SSSR count). The smallest absolute Gasteiger partial charge is 0.143 e. The van der Waals surface area contributed by atoms with E-state index >= 15 is 0 Å². The maximum Gasteiger partial charge on any atom is 0.143 e. The predicted molar refractivity (Wildman–Crippen MR) is 68.7 cm³/mol. The lowest BCUT2D eigenvalue weighted by molar-refractivity contribution is 0.315. The topological polar surface area (TPSA) is 14.2 Å². The van der Waals surface area contributed by atoms with Crippen molar-refractivity contribution in [2.75, 3.05) is 6.61 Å². The van der Waals surface area contributed by atoms with Crippen molar-refractivity contribution in [3.8, 4) is 5.75 Å². The fraction of sp³-hybridized carbons (Fsp3) is 0.467. The summed E-state index contributed by atoms with van der Waals surface area (Å²) in [5.74, 6) is 1.09. The number of hydrogen-bond donors (Lipinski definition) is 0. The fourth-order valence-corrected chi connectivity index (χ4v) is 3.42. The summed E-state index contributed by atoms with van der Waals surface area (Å²) in [7, 11) is 0. The van der Waals surface area contributed by atoms with Crippen molar-refractivity contribution in [3.05, 3.63) is 29.5 Å². The highest BCUT2D eigenvalue weighted by atomic mass is 16.5. The molecule has 2 aliphatic rings. The molecule has 2 aromatic rings. The van der Waals surface area contributed by atoms with Crippen molar-refractivity contribution in [1.82, 2.24) is 4.57 Å². The Balaban J connectivity index is 2.11. The van der Waals surface area contributed by atoms with Crippen LogP contribution in [-0.4, -0.2) is 11.2 Å². The van der Waals surface area contributed by atoms with Crippen LogP contribution in [0.15, 0.2) is 18.2 Å². The summed E-state index contributed by atoms with van der Waals surface area (Å²) in [4.78, 5) is 0. The number of para-hydroxylation sites is 1. The molecule has 0 bridgehead atoms. The van der Waals surface area contributed by atoms with Gasteiger partial charge in [-0.1, -0.05) is 12.1 Å². The first-order valence-corrected chi connectivity index (χ1v) is 6.71. The molecule has 0 saturated heterocycles. The maximum atomic E-state index is 5.88. The zero-order valence-corrected chi connectivity index (χ0v) is 10.0. The number of nitrogens with zero attached hydrogens (tertiary/aromatic N) is 1. The van der Waals surface area contributed by atoms with Crippen LogP contribution in [0.4, 0.5) is 0 Å². The van der Waals surface area contributed by atoms with Gasteiger partial charge in [0.15, 0.2) is 0 Å². The van der Waals surface area contributed by atoms with Gasteiger partial charge in [-0.3, -0.25) is 0 Å². The lowest BCUT2D eigenvalue weighted by atomic mass is 9.95. The zero-order chi connectivity index (χ0) is 11.2. The van der Waals surface area contributed by atoms with Crippen LogP contribution in [-0.2, 0) is 19.4 Å². The van der Waals surface area contributed by atoms with E-state index in [9.17, 15) is 0 Å². The molecule has 0 fully saturated rings. The van der Waals surface area contributed by atoms with Crippen molar-refractivity contribution in [2.45, 2.75) is 38.6 Å². The normalized spacial score (nSPS) is 18.6. The Kier molecular flexibility index (Phi) is 1.99. The van der Waals surface area contributed by atoms with Crippen molar-refractivity contribution in [3.63, 3.8) is 0 Å².